The molecule has 0 aliphatic carbocycles. The first-order chi connectivity index (χ1) is 17.4. The highest BCUT2D eigenvalue weighted by Crippen LogP contribution is 2.33. The van der Waals surface area contributed by atoms with E-state index in [4.69, 9.17) is 9.47 Å². The standard InChI is InChI=1S/C24H26N6O5S/c1-34-19-9-8-18(14-20(19)35-2)36(32,33)29-12-10-17(11-13-29)22-25-23-21(24(31)26-22)27-28-30(23)15-16-6-4-3-5-7-16/h3-9,14,17H,10-13,15H2,1-2H3,(H,25,26,31). The maximum absolute atomic E-state index is 13.2. The molecular weight excluding hydrogens is 484 g/mol. The second-order valence-corrected chi connectivity index (χ2v) is 10.5. The second kappa shape index (κ2) is 9.70. The smallest absolute Gasteiger partial charge is 0.281 e. The number of rotatable bonds is 7. The lowest BCUT2D eigenvalue weighted by atomic mass is 9.97. The van der Waals surface area contributed by atoms with Gasteiger partial charge in [-0.1, -0.05) is 35.5 Å². The van der Waals surface area contributed by atoms with Crippen molar-refractivity contribution < 1.29 is 17.9 Å². The Balaban J connectivity index is 1.35. The highest BCUT2D eigenvalue weighted by atomic mass is 32.2. The van der Waals surface area contributed by atoms with E-state index in [1.807, 2.05) is 30.3 Å². The fraction of sp³-hybridized carbons (Fsp3) is 0.333. The van der Waals surface area contributed by atoms with E-state index in [-0.39, 0.29) is 21.9 Å². The van der Waals surface area contributed by atoms with Gasteiger partial charge in [-0.15, -0.1) is 5.10 Å². The van der Waals surface area contributed by atoms with Crippen LogP contribution in [0.1, 0.15) is 30.1 Å². The lowest BCUT2D eigenvalue weighted by molar-refractivity contribution is 0.313. The Morgan fingerprint density at radius 1 is 1.03 bits per heavy atom. The molecule has 0 radical (unpaired) electrons. The van der Waals surface area contributed by atoms with Gasteiger partial charge in [-0.25, -0.2) is 18.1 Å². The third kappa shape index (κ3) is 4.44. The Kier molecular flexibility index (Phi) is 6.46. The van der Waals surface area contributed by atoms with Crippen LogP contribution in [0, 0.1) is 0 Å². The molecule has 11 nitrogen and oxygen atoms in total. The lowest BCUT2D eigenvalue weighted by Gasteiger charge is -2.30. The predicted molar refractivity (Wildman–Crippen MR) is 132 cm³/mol. The molecule has 0 saturated carbocycles. The van der Waals surface area contributed by atoms with Crippen molar-refractivity contribution >= 4 is 21.2 Å². The van der Waals surface area contributed by atoms with Gasteiger partial charge in [0.1, 0.15) is 5.82 Å². The van der Waals surface area contributed by atoms with Crippen LogP contribution in [0.25, 0.3) is 11.2 Å². The summed E-state index contributed by atoms with van der Waals surface area (Å²) in [5, 5.41) is 8.12. The molecule has 1 fully saturated rings. The summed E-state index contributed by atoms with van der Waals surface area (Å²) in [4.78, 5) is 20.3. The minimum Gasteiger partial charge on any atom is -0.493 e. The molecule has 12 heteroatoms. The van der Waals surface area contributed by atoms with Gasteiger partial charge in [0.05, 0.1) is 25.7 Å². The number of nitrogens with one attached hydrogen (secondary N) is 1. The molecule has 3 heterocycles. The number of fused-ring (bicyclic) bond motifs is 1. The van der Waals surface area contributed by atoms with Crippen LogP contribution in [-0.2, 0) is 16.6 Å². The summed E-state index contributed by atoms with van der Waals surface area (Å²) >= 11 is 0. The molecule has 5 rings (SSSR count). The van der Waals surface area contributed by atoms with Crippen molar-refractivity contribution in [2.75, 3.05) is 27.3 Å². The lowest BCUT2D eigenvalue weighted by Crippen LogP contribution is -2.38. The van der Waals surface area contributed by atoms with Crippen LogP contribution in [-0.4, -0.2) is 65.0 Å². The van der Waals surface area contributed by atoms with Crippen molar-refractivity contribution in [2.45, 2.75) is 30.2 Å². The molecular formula is C24H26N6O5S. The summed E-state index contributed by atoms with van der Waals surface area (Å²) in [6.07, 6.45) is 1.03. The third-order valence-corrected chi connectivity index (χ3v) is 8.30. The Labute approximate surface area is 207 Å². The Bertz CT molecular complexity index is 1540. The van der Waals surface area contributed by atoms with Gasteiger partial charge in [-0.2, -0.15) is 4.31 Å². The van der Waals surface area contributed by atoms with Crippen molar-refractivity contribution in [3.05, 3.63) is 70.3 Å². The van der Waals surface area contributed by atoms with E-state index in [0.29, 0.717) is 55.4 Å². The van der Waals surface area contributed by atoms with Crippen LogP contribution in [0.15, 0.2) is 58.2 Å². The third-order valence-electron chi connectivity index (χ3n) is 6.40. The number of nitrogens with zero attached hydrogens (tertiary/aromatic N) is 5. The quantitative estimate of drug-likeness (QED) is 0.400. The van der Waals surface area contributed by atoms with E-state index >= 15 is 0 Å². The fourth-order valence-electron chi connectivity index (χ4n) is 4.44. The van der Waals surface area contributed by atoms with Crippen LogP contribution in [0.3, 0.4) is 0 Å². The number of aromatic amines is 1. The number of sulfonamides is 1. The van der Waals surface area contributed by atoms with E-state index in [1.54, 1.807) is 10.7 Å². The molecule has 0 atom stereocenters. The zero-order chi connectivity index (χ0) is 25.3. The number of benzene rings is 2. The van der Waals surface area contributed by atoms with Crippen LogP contribution in [0.4, 0.5) is 0 Å². The first kappa shape index (κ1) is 23.9. The summed E-state index contributed by atoms with van der Waals surface area (Å²) in [5.41, 5.74) is 1.26. The number of H-pyrrole nitrogens is 1. The molecule has 0 amide bonds. The minimum absolute atomic E-state index is 0.0981. The summed E-state index contributed by atoms with van der Waals surface area (Å²) in [5.74, 6) is 1.23. The van der Waals surface area contributed by atoms with E-state index in [2.05, 4.69) is 20.3 Å². The maximum Gasteiger partial charge on any atom is 0.281 e. The van der Waals surface area contributed by atoms with Gasteiger partial charge in [-0.3, -0.25) is 4.79 Å². The molecule has 188 valence electrons. The number of hydrogen-bond acceptors (Lipinski definition) is 8. The largest absolute Gasteiger partial charge is 0.493 e. The Hall–Kier alpha value is -3.77. The van der Waals surface area contributed by atoms with Crippen molar-refractivity contribution in [2.24, 2.45) is 0 Å². The summed E-state index contributed by atoms with van der Waals surface area (Å²) in [6, 6.07) is 14.3. The van der Waals surface area contributed by atoms with E-state index in [9.17, 15) is 13.2 Å². The molecule has 4 aromatic rings. The average Bonchev–Trinajstić information content (AvgIpc) is 3.32. The van der Waals surface area contributed by atoms with Gasteiger partial charge >= 0.3 is 0 Å². The van der Waals surface area contributed by atoms with Crippen molar-refractivity contribution in [1.82, 2.24) is 29.3 Å². The molecule has 0 unspecified atom stereocenters. The zero-order valence-corrected chi connectivity index (χ0v) is 20.7. The second-order valence-electron chi connectivity index (χ2n) is 8.55. The van der Waals surface area contributed by atoms with E-state index in [1.165, 1.54) is 30.7 Å². The number of piperidine rings is 1. The molecule has 1 aliphatic rings. The van der Waals surface area contributed by atoms with Crippen LogP contribution >= 0.6 is 0 Å². The molecule has 2 aromatic carbocycles. The van der Waals surface area contributed by atoms with Crippen LogP contribution in [0.5, 0.6) is 11.5 Å². The number of methoxy groups -OCH3 is 2. The van der Waals surface area contributed by atoms with Crippen molar-refractivity contribution in [3.8, 4) is 11.5 Å². The summed E-state index contributed by atoms with van der Waals surface area (Å²) < 4.78 is 40.0. The first-order valence-corrected chi connectivity index (χ1v) is 12.9. The van der Waals surface area contributed by atoms with Gasteiger partial charge < -0.3 is 14.5 Å². The van der Waals surface area contributed by atoms with E-state index < -0.39 is 10.0 Å². The zero-order valence-electron chi connectivity index (χ0n) is 19.9. The maximum atomic E-state index is 13.2. The van der Waals surface area contributed by atoms with Gasteiger partial charge in [0, 0.05) is 25.1 Å². The summed E-state index contributed by atoms with van der Waals surface area (Å²) in [6.45, 7) is 1.03. The SMILES string of the molecule is COc1ccc(S(=O)(=O)N2CCC(c3nc4c(nnn4Cc4ccccc4)c(=O)[nH]3)CC2)cc1OC. The minimum atomic E-state index is -3.72. The Morgan fingerprint density at radius 2 is 1.75 bits per heavy atom. The predicted octanol–water partition coefficient (Wildman–Crippen LogP) is 2.15. The van der Waals surface area contributed by atoms with Gasteiger partial charge in [0.2, 0.25) is 10.0 Å². The molecule has 2 aromatic heterocycles. The van der Waals surface area contributed by atoms with Crippen LogP contribution in [0.2, 0.25) is 0 Å². The number of aromatic nitrogens is 5. The number of ether oxygens (including phenoxy) is 2. The fourth-order valence-corrected chi connectivity index (χ4v) is 5.92. The van der Waals surface area contributed by atoms with Crippen molar-refractivity contribution in [1.29, 1.82) is 0 Å². The van der Waals surface area contributed by atoms with Gasteiger partial charge in [0.15, 0.2) is 22.7 Å². The molecule has 36 heavy (non-hydrogen) atoms. The van der Waals surface area contributed by atoms with Gasteiger partial charge in [0.25, 0.3) is 5.56 Å². The molecule has 0 bridgehead atoms. The average molecular weight is 511 g/mol. The van der Waals surface area contributed by atoms with E-state index in [0.717, 1.165) is 5.56 Å². The first-order valence-electron chi connectivity index (χ1n) is 11.5. The highest BCUT2D eigenvalue weighted by Gasteiger charge is 2.32. The summed E-state index contributed by atoms with van der Waals surface area (Å²) in [7, 11) is -0.758. The van der Waals surface area contributed by atoms with Crippen molar-refractivity contribution in [3.63, 3.8) is 0 Å². The molecule has 1 N–H and O–H groups in total. The van der Waals surface area contributed by atoms with Gasteiger partial charge in [-0.05, 0) is 30.5 Å². The highest BCUT2D eigenvalue weighted by molar-refractivity contribution is 7.89. The van der Waals surface area contributed by atoms with Crippen LogP contribution < -0.4 is 15.0 Å². The Morgan fingerprint density at radius 3 is 2.44 bits per heavy atom. The normalized spacial score (nSPS) is 15.3. The molecule has 1 saturated heterocycles. The number of hydrogen-bond donors (Lipinski definition) is 1. The topological polar surface area (TPSA) is 132 Å². The monoisotopic (exact) mass is 510 g/mol. The molecule has 1 aliphatic heterocycles. The molecule has 0 spiro atoms.